The van der Waals surface area contributed by atoms with Crippen molar-refractivity contribution in [3.8, 4) is 0 Å². The Bertz CT molecular complexity index is 1430. The van der Waals surface area contributed by atoms with Gasteiger partial charge in [0.1, 0.15) is 12.3 Å². The number of carboxylic acids is 1. The molecule has 6 N–H and O–H groups in total. The van der Waals surface area contributed by atoms with Gasteiger partial charge in [-0.05, 0) is 51.0 Å². The Morgan fingerprint density at radius 3 is 2.34 bits per heavy atom. The summed E-state index contributed by atoms with van der Waals surface area (Å²) in [4.78, 5) is 73.0. The molecule has 3 aliphatic rings. The molecule has 3 aliphatic heterocycles. The van der Waals surface area contributed by atoms with Gasteiger partial charge >= 0.3 is 11.7 Å². The van der Waals surface area contributed by atoms with Crippen LogP contribution in [0.5, 0.6) is 0 Å². The molecule has 0 spiro atoms. The molecule has 0 aliphatic carbocycles. The third kappa shape index (κ3) is 16.7. The third-order valence-electron chi connectivity index (χ3n) is 9.08. The summed E-state index contributed by atoms with van der Waals surface area (Å²) in [5, 5.41) is 14.1. The minimum Gasteiger partial charge on any atom is -0.481 e. The lowest BCUT2D eigenvalue weighted by Crippen LogP contribution is -2.47. The first-order chi connectivity index (χ1) is 25.4. The lowest BCUT2D eigenvalue weighted by Gasteiger charge is -2.30. The van der Waals surface area contributed by atoms with Crippen molar-refractivity contribution >= 4 is 23.7 Å². The molecule has 0 saturated carbocycles. The van der Waals surface area contributed by atoms with E-state index in [2.05, 4.69) is 27.3 Å². The summed E-state index contributed by atoms with van der Waals surface area (Å²) in [5.74, 6) is -2.35. The van der Waals surface area contributed by atoms with Crippen molar-refractivity contribution in [1.82, 2.24) is 20.2 Å². The number of aromatic amines is 1. The van der Waals surface area contributed by atoms with E-state index in [-0.39, 0.29) is 17.6 Å². The fraction of sp³-hybridized carbons (Fsp3) is 0.730. The van der Waals surface area contributed by atoms with Crippen LogP contribution in [-0.4, -0.2) is 83.7 Å². The molecule has 1 aromatic rings. The number of nitrogens with one attached hydrogen (secondary N) is 3. The predicted octanol–water partition coefficient (Wildman–Crippen LogP) is 3.39. The third-order valence-corrected chi connectivity index (χ3v) is 9.08. The Morgan fingerprint density at radius 2 is 1.70 bits per heavy atom. The normalized spacial score (nSPS) is 22.2. The standard InChI is InChI=1S/C22H29N5O8.C13H26O2.C2H6O/c23-19(29)18(13-7-8-16(33-13)27-11-9-15(28)26-22(27)32)35-17-6-3-5-14(34-17)21(31)25-12-4-1-2-10-24-20(12)30;1-3-4-5-6-7-8-9-10-11-12(2)13(14)15;1-3-2/h5,9,11-13,16-18H,1-4,6-8,10H2,(H2,23,29)(H,24,30)(H,25,31)(H,26,28,32);12H,3-11H2,1-2H3,(H,14,15);1-2H3. The number of carbonyl (C=O) groups is 4. The number of hydrogen-bond acceptors (Lipinski definition) is 10. The minimum absolute atomic E-state index is 0.00604. The van der Waals surface area contributed by atoms with Gasteiger partial charge in [-0.3, -0.25) is 33.5 Å². The molecule has 0 aromatic carbocycles. The van der Waals surface area contributed by atoms with Crippen LogP contribution >= 0.6 is 0 Å². The van der Waals surface area contributed by atoms with E-state index < -0.39 is 59.8 Å². The van der Waals surface area contributed by atoms with Gasteiger partial charge in [0.25, 0.3) is 11.5 Å². The molecule has 4 heterocycles. The number of carboxylic acid groups (broad SMARTS) is 1. The number of ether oxygens (including phenoxy) is 4. The summed E-state index contributed by atoms with van der Waals surface area (Å²) in [6.07, 6.45) is 14.2. The maximum atomic E-state index is 12.7. The number of unbranched alkanes of at least 4 members (excludes halogenated alkanes) is 7. The van der Waals surface area contributed by atoms with Crippen LogP contribution in [0.3, 0.4) is 0 Å². The average molecular weight is 752 g/mol. The zero-order chi connectivity index (χ0) is 39.2. The highest BCUT2D eigenvalue weighted by atomic mass is 16.7. The molecular formula is C37H61N5O11. The van der Waals surface area contributed by atoms with Crippen molar-refractivity contribution < 1.29 is 43.2 Å². The molecule has 300 valence electrons. The van der Waals surface area contributed by atoms with Crippen LogP contribution in [0, 0.1) is 5.92 Å². The van der Waals surface area contributed by atoms with Gasteiger partial charge in [-0.1, -0.05) is 65.2 Å². The monoisotopic (exact) mass is 751 g/mol. The topological polar surface area (TPSA) is 230 Å². The number of hydrogen-bond donors (Lipinski definition) is 5. The van der Waals surface area contributed by atoms with Crippen LogP contribution in [0.2, 0.25) is 0 Å². The van der Waals surface area contributed by atoms with Crippen LogP contribution in [0.1, 0.15) is 123 Å². The minimum atomic E-state index is -1.18. The van der Waals surface area contributed by atoms with Gasteiger partial charge in [-0.15, -0.1) is 0 Å². The number of allylic oxidation sites excluding steroid dienone is 1. The van der Waals surface area contributed by atoms with E-state index in [1.807, 2.05) is 0 Å². The first-order valence-electron chi connectivity index (χ1n) is 18.9. The average Bonchev–Trinajstić information content (AvgIpc) is 3.51. The van der Waals surface area contributed by atoms with Gasteiger partial charge < -0.3 is 40.4 Å². The molecule has 2 fully saturated rings. The van der Waals surface area contributed by atoms with Crippen molar-refractivity contribution in [3.63, 3.8) is 0 Å². The van der Waals surface area contributed by atoms with Crippen molar-refractivity contribution in [2.75, 3.05) is 20.8 Å². The fourth-order valence-electron chi connectivity index (χ4n) is 6.08. The summed E-state index contributed by atoms with van der Waals surface area (Å²) in [6.45, 7) is 4.60. The second-order valence-corrected chi connectivity index (χ2v) is 13.6. The largest absolute Gasteiger partial charge is 0.481 e. The molecule has 2 saturated heterocycles. The maximum Gasteiger partial charge on any atom is 0.330 e. The van der Waals surface area contributed by atoms with Gasteiger partial charge in [0, 0.05) is 39.4 Å². The van der Waals surface area contributed by atoms with E-state index in [1.165, 1.54) is 61.8 Å². The number of aliphatic carboxylic acids is 1. The van der Waals surface area contributed by atoms with Crippen LogP contribution in [-0.2, 0) is 38.1 Å². The number of primary amides is 1. The molecule has 3 amide bonds. The SMILES string of the molecule is CCCCCCCCCCC(C)C(=O)O.COC.NC(=O)C(OC1CCC=C(C(=O)NC2CCCCNC2=O)O1)C1CCC(n2ccc(=O)[nH]c2=O)O1. The lowest BCUT2D eigenvalue weighted by molar-refractivity contribution is -0.195. The maximum absolute atomic E-state index is 12.7. The molecule has 1 aromatic heterocycles. The number of methoxy groups -OCH3 is 1. The van der Waals surface area contributed by atoms with Crippen LogP contribution < -0.4 is 27.6 Å². The zero-order valence-electron chi connectivity index (χ0n) is 31.8. The summed E-state index contributed by atoms with van der Waals surface area (Å²) in [5.41, 5.74) is 4.41. The van der Waals surface area contributed by atoms with Gasteiger partial charge in [-0.25, -0.2) is 4.79 Å². The first-order valence-corrected chi connectivity index (χ1v) is 18.9. The molecule has 0 bridgehead atoms. The van der Waals surface area contributed by atoms with E-state index in [9.17, 15) is 28.8 Å². The van der Waals surface area contributed by atoms with Crippen molar-refractivity contribution in [2.24, 2.45) is 11.7 Å². The predicted molar refractivity (Wildman–Crippen MR) is 196 cm³/mol. The molecule has 16 nitrogen and oxygen atoms in total. The van der Waals surface area contributed by atoms with Gasteiger partial charge in [0.2, 0.25) is 18.1 Å². The highest BCUT2D eigenvalue weighted by Gasteiger charge is 2.39. The van der Waals surface area contributed by atoms with Gasteiger partial charge in [0.15, 0.2) is 11.9 Å². The highest BCUT2D eigenvalue weighted by Crippen LogP contribution is 2.31. The van der Waals surface area contributed by atoms with Crippen molar-refractivity contribution in [1.29, 1.82) is 0 Å². The van der Waals surface area contributed by atoms with E-state index in [1.54, 1.807) is 27.2 Å². The smallest absolute Gasteiger partial charge is 0.330 e. The fourth-order valence-corrected chi connectivity index (χ4v) is 6.08. The first kappa shape index (κ1) is 45.1. The number of carbonyl (C=O) groups excluding carboxylic acids is 3. The quantitative estimate of drug-likeness (QED) is 0.145. The highest BCUT2D eigenvalue weighted by molar-refractivity contribution is 5.95. The van der Waals surface area contributed by atoms with E-state index in [0.29, 0.717) is 38.6 Å². The Balaban J connectivity index is 0.000000454. The number of H-pyrrole nitrogens is 1. The second kappa shape index (κ2) is 25.1. The summed E-state index contributed by atoms with van der Waals surface area (Å²) in [7, 11) is 3.25. The van der Waals surface area contributed by atoms with Gasteiger partial charge in [0.05, 0.1) is 12.0 Å². The van der Waals surface area contributed by atoms with E-state index in [0.717, 1.165) is 25.7 Å². The van der Waals surface area contributed by atoms with Crippen LogP contribution in [0.4, 0.5) is 0 Å². The molecule has 0 radical (unpaired) electrons. The van der Waals surface area contributed by atoms with Crippen molar-refractivity contribution in [3.05, 3.63) is 44.9 Å². The molecule has 6 unspecified atom stereocenters. The number of aromatic nitrogens is 2. The summed E-state index contributed by atoms with van der Waals surface area (Å²) < 4.78 is 22.8. The Hall–Kier alpha value is -4.02. The second-order valence-electron chi connectivity index (χ2n) is 13.6. The van der Waals surface area contributed by atoms with Gasteiger partial charge in [-0.2, -0.15) is 0 Å². The Kier molecular flexibility index (Phi) is 21.4. The Labute approximate surface area is 311 Å². The number of amides is 3. The molecular weight excluding hydrogens is 690 g/mol. The van der Waals surface area contributed by atoms with E-state index >= 15 is 0 Å². The molecule has 4 rings (SSSR count). The number of nitrogens with two attached hydrogens (primary N) is 1. The van der Waals surface area contributed by atoms with E-state index in [4.69, 9.17) is 25.1 Å². The number of rotatable bonds is 17. The summed E-state index contributed by atoms with van der Waals surface area (Å²) >= 11 is 0. The summed E-state index contributed by atoms with van der Waals surface area (Å²) in [6, 6.07) is 0.558. The van der Waals surface area contributed by atoms with Crippen molar-refractivity contribution in [2.45, 2.75) is 147 Å². The Morgan fingerprint density at radius 1 is 1.02 bits per heavy atom. The molecule has 53 heavy (non-hydrogen) atoms. The molecule has 6 atom stereocenters. The lowest BCUT2D eigenvalue weighted by atomic mass is 10.0. The number of nitrogens with zero attached hydrogens (tertiary/aromatic N) is 1. The van der Waals surface area contributed by atoms with Crippen LogP contribution in [0.25, 0.3) is 0 Å². The van der Waals surface area contributed by atoms with Crippen LogP contribution in [0.15, 0.2) is 33.7 Å². The molecule has 16 heteroatoms. The zero-order valence-corrected chi connectivity index (χ0v) is 31.8.